The highest BCUT2D eigenvalue weighted by Gasteiger charge is 2.06. The molecule has 0 aliphatic rings. The molecule has 0 saturated heterocycles. The predicted molar refractivity (Wildman–Crippen MR) is 62.4 cm³/mol. The van der Waals surface area contributed by atoms with Crippen LogP contribution in [-0.4, -0.2) is 51.8 Å². The summed E-state index contributed by atoms with van der Waals surface area (Å²) in [6.07, 6.45) is 1.00. The molecule has 0 rings (SSSR count). The lowest BCUT2D eigenvalue weighted by Gasteiger charge is -2.23. The van der Waals surface area contributed by atoms with Crippen molar-refractivity contribution in [2.24, 2.45) is 0 Å². The number of alkyl halides is 1. The highest BCUT2D eigenvalue weighted by Crippen LogP contribution is 1.92. The molecule has 1 amide bonds. The molecule has 0 aliphatic carbocycles. The van der Waals surface area contributed by atoms with E-state index in [0.717, 1.165) is 24.0 Å². The third-order valence-corrected chi connectivity index (χ3v) is 1.68. The maximum atomic E-state index is 11.1. The van der Waals surface area contributed by atoms with Gasteiger partial charge in [0.25, 0.3) is 0 Å². The van der Waals surface area contributed by atoms with Crippen LogP contribution in [0.1, 0.15) is 13.3 Å². The minimum absolute atomic E-state index is 0.0404. The maximum absolute atomic E-state index is 11.1. The van der Waals surface area contributed by atoms with Gasteiger partial charge in [-0.15, -0.1) is 0 Å². The predicted octanol–water partition coefficient (Wildman–Crippen LogP) is 1.36. The topological polar surface area (TPSA) is 29.1 Å². The summed E-state index contributed by atoms with van der Waals surface area (Å²) in [5, 5.41) is 2.81. The third kappa shape index (κ3) is 13.1. The van der Waals surface area contributed by atoms with Crippen LogP contribution in [0.4, 0.5) is 4.39 Å². The largest absolute Gasteiger partial charge is 0.352 e. The minimum Gasteiger partial charge on any atom is -0.352 e. The fourth-order valence-corrected chi connectivity index (χ4v) is 0.906. The quantitative estimate of drug-likeness (QED) is 0.422. The van der Waals surface area contributed by atoms with Crippen molar-refractivity contribution in [1.29, 1.82) is 0 Å². The second-order valence-electron chi connectivity index (χ2n) is 4.40. The number of carbonyl (C=O) groups is 1. The molecule has 0 atom stereocenters. The fraction of sp³-hybridized carbons (Fsp3) is 0.727. The molecule has 15 heavy (non-hydrogen) atoms. The number of nitrogens with zero attached hydrogens (tertiary/aromatic N) is 1. The van der Waals surface area contributed by atoms with E-state index >= 15 is 0 Å². The van der Waals surface area contributed by atoms with E-state index in [0.29, 0.717) is 12.8 Å². The van der Waals surface area contributed by atoms with Gasteiger partial charge >= 0.3 is 0 Å². The summed E-state index contributed by atoms with van der Waals surface area (Å²) in [5.74, 6) is -0.0404. The number of rotatable bonds is 5. The SMILES string of the molecule is C=C(C)C(=O)NCCC[N+](C)(C)C.CF. The van der Waals surface area contributed by atoms with Crippen LogP contribution in [-0.2, 0) is 4.79 Å². The van der Waals surface area contributed by atoms with Crippen LogP contribution in [0.25, 0.3) is 0 Å². The molecule has 0 radical (unpaired) electrons. The Balaban J connectivity index is 0. The van der Waals surface area contributed by atoms with Crippen molar-refractivity contribution in [2.45, 2.75) is 13.3 Å². The van der Waals surface area contributed by atoms with E-state index in [1.54, 1.807) is 6.92 Å². The van der Waals surface area contributed by atoms with Crippen molar-refractivity contribution in [2.75, 3.05) is 41.4 Å². The molecule has 0 aromatic rings. The van der Waals surface area contributed by atoms with Gasteiger partial charge in [0.15, 0.2) is 0 Å². The van der Waals surface area contributed by atoms with E-state index < -0.39 is 0 Å². The lowest BCUT2D eigenvalue weighted by Crippen LogP contribution is -2.37. The molecular weight excluding hydrogens is 195 g/mol. The first-order valence-corrected chi connectivity index (χ1v) is 4.95. The number of nitrogens with one attached hydrogen (secondary N) is 1. The van der Waals surface area contributed by atoms with Gasteiger partial charge in [0.05, 0.1) is 34.9 Å². The maximum Gasteiger partial charge on any atom is 0.246 e. The summed E-state index contributed by atoms with van der Waals surface area (Å²) in [4.78, 5) is 11.1. The molecular formula is C11H24FN2O+. The van der Waals surface area contributed by atoms with E-state index in [4.69, 9.17) is 0 Å². The molecule has 0 saturated carbocycles. The number of quaternary nitrogens is 1. The fourth-order valence-electron chi connectivity index (χ4n) is 0.906. The Morgan fingerprint density at radius 3 is 2.13 bits per heavy atom. The van der Waals surface area contributed by atoms with Crippen LogP contribution in [0.5, 0.6) is 0 Å². The normalized spacial score (nSPS) is 10.0. The molecule has 0 bridgehead atoms. The Kier molecular flexibility index (Phi) is 9.27. The summed E-state index contributed by atoms with van der Waals surface area (Å²) in [5.41, 5.74) is 0.574. The summed E-state index contributed by atoms with van der Waals surface area (Å²) in [6, 6.07) is 0. The van der Waals surface area contributed by atoms with Crippen LogP contribution in [0, 0.1) is 0 Å². The summed E-state index contributed by atoms with van der Waals surface area (Å²) in [6.45, 7) is 7.09. The number of hydrogen-bond acceptors (Lipinski definition) is 1. The van der Waals surface area contributed by atoms with Gasteiger partial charge in [0.2, 0.25) is 5.91 Å². The van der Waals surface area contributed by atoms with Crippen molar-refractivity contribution < 1.29 is 13.7 Å². The average molecular weight is 219 g/mol. The van der Waals surface area contributed by atoms with Crippen LogP contribution >= 0.6 is 0 Å². The van der Waals surface area contributed by atoms with Crippen LogP contribution in [0.2, 0.25) is 0 Å². The number of carbonyl (C=O) groups excluding carboxylic acids is 1. The van der Waals surface area contributed by atoms with Gasteiger partial charge in [-0.1, -0.05) is 6.58 Å². The van der Waals surface area contributed by atoms with Crippen molar-refractivity contribution in [3.8, 4) is 0 Å². The average Bonchev–Trinajstić information content (AvgIpc) is 2.13. The van der Waals surface area contributed by atoms with Crippen molar-refractivity contribution in [3.05, 3.63) is 12.2 Å². The molecule has 1 N–H and O–H groups in total. The molecule has 0 aliphatic heterocycles. The van der Waals surface area contributed by atoms with Crippen molar-refractivity contribution in [1.82, 2.24) is 5.32 Å². The molecule has 0 aromatic carbocycles. The number of hydrogen-bond donors (Lipinski definition) is 1. The highest BCUT2D eigenvalue weighted by molar-refractivity contribution is 5.91. The zero-order chi connectivity index (χ0) is 12.5. The zero-order valence-electron chi connectivity index (χ0n) is 10.6. The van der Waals surface area contributed by atoms with E-state index in [1.165, 1.54) is 0 Å². The van der Waals surface area contributed by atoms with Crippen molar-refractivity contribution >= 4 is 5.91 Å². The van der Waals surface area contributed by atoms with Gasteiger partial charge in [0.1, 0.15) is 0 Å². The Labute approximate surface area is 92.6 Å². The number of halogens is 1. The summed E-state index contributed by atoms with van der Waals surface area (Å²) < 4.78 is 10.4. The zero-order valence-corrected chi connectivity index (χ0v) is 10.6. The summed E-state index contributed by atoms with van der Waals surface area (Å²) >= 11 is 0. The van der Waals surface area contributed by atoms with Gasteiger partial charge in [-0.05, 0) is 6.92 Å². The lowest BCUT2D eigenvalue weighted by atomic mass is 10.3. The second-order valence-corrected chi connectivity index (χ2v) is 4.40. The Morgan fingerprint density at radius 2 is 1.80 bits per heavy atom. The molecule has 3 nitrogen and oxygen atoms in total. The molecule has 0 unspecified atom stereocenters. The first-order chi connectivity index (χ1) is 6.83. The van der Waals surface area contributed by atoms with Crippen molar-refractivity contribution in [3.63, 3.8) is 0 Å². The Bertz CT molecular complexity index is 197. The number of amides is 1. The monoisotopic (exact) mass is 219 g/mol. The lowest BCUT2D eigenvalue weighted by molar-refractivity contribution is -0.870. The Morgan fingerprint density at radius 1 is 1.33 bits per heavy atom. The van der Waals surface area contributed by atoms with E-state index in [-0.39, 0.29) is 5.91 Å². The molecule has 90 valence electrons. The van der Waals surface area contributed by atoms with Crippen LogP contribution < -0.4 is 5.32 Å². The van der Waals surface area contributed by atoms with Gasteiger partial charge in [0, 0.05) is 18.5 Å². The minimum atomic E-state index is -0.0404. The standard InChI is InChI=1S/C10H20N2O.CH3F/c1-9(2)10(13)11-7-6-8-12(3,4)5;1-2/h1,6-8H2,2-5H3;1H3/p+1. The molecule has 0 heterocycles. The van der Waals surface area contributed by atoms with E-state index in [2.05, 4.69) is 33.0 Å². The Hall–Kier alpha value is -0.900. The smallest absolute Gasteiger partial charge is 0.246 e. The first kappa shape index (κ1) is 16.5. The van der Waals surface area contributed by atoms with E-state index in [9.17, 15) is 9.18 Å². The van der Waals surface area contributed by atoms with E-state index in [1.807, 2.05) is 0 Å². The van der Waals surface area contributed by atoms with Crippen LogP contribution in [0.3, 0.4) is 0 Å². The molecule has 4 heteroatoms. The summed E-state index contributed by atoms with van der Waals surface area (Å²) in [7, 11) is 6.92. The van der Waals surface area contributed by atoms with Gasteiger partial charge in [-0.2, -0.15) is 0 Å². The molecule has 0 spiro atoms. The van der Waals surface area contributed by atoms with Gasteiger partial charge in [-0.25, -0.2) is 0 Å². The second kappa shape index (κ2) is 8.41. The highest BCUT2D eigenvalue weighted by atomic mass is 19.1. The third-order valence-electron chi connectivity index (χ3n) is 1.68. The van der Waals surface area contributed by atoms with Crippen LogP contribution in [0.15, 0.2) is 12.2 Å². The molecule has 0 aromatic heterocycles. The van der Waals surface area contributed by atoms with Gasteiger partial charge < -0.3 is 9.80 Å². The molecule has 0 fully saturated rings. The first-order valence-electron chi connectivity index (χ1n) is 4.95. The van der Waals surface area contributed by atoms with Gasteiger partial charge in [-0.3, -0.25) is 9.18 Å².